The molecule has 8 heterocycles. The number of benzene rings is 7. The van der Waals surface area contributed by atoms with Crippen molar-refractivity contribution in [3.05, 3.63) is 298 Å². The van der Waals surface area contributed by atoms with Crippen LogP contribution in [0.4, 0.5) is 0 Å². The molecule has 7 aromatic carbocycles. The predicted molar refractivity (Wildman–Crippen MR) is 391 cm³/mol. The molecule has 546 valence electrons. The number of carboxylic acids is 12. The first-order valence-electron chi connectivity index (χ1n) is 31.2. The first-order valence-corrected chi connectivity index (χ1v) is 31.2. The van der Waals surface area contributed by atoms with E-state index in [0.717, 1.165) is 87.2 Å². The Balaban J connectivity index is 0.000000148. The van der Waals surface area contributed by atoms with Crippen LogP contribution in [-0.4, -0.2) is 173 Å². The highest BCUT2D eigenvalue weighted by Crippen LogP contribution is 2.27. The lowest BCUT2D eigenvalue weighted by molar-refractivity contribution is 0.0637. The molecule has 0 atom stereocenters. The number of carboxylic acid groups (broad SMARTS) is 12. The minimum absolute atomic E-state index is 0.511. The summed E-state index contributed by atoms with van der Waals surface area (Å²) in [4.78, 5) is 164. The third-order valence-electron chi connectivity index (χ3n) is 15.6. The van der Waals surface area contributed by atoms with Gasteiger partial charge in [0, 0.05) is 92.7 Å². The standard InChI is InChI=1S/4C12H8N2.3C10H6O8/c4*1-3-9-5-6-10-4-2-8-14-12(10)11(9)13-7-1;3*11-7(12)3-1-4(8(13)14)6(10(17)18)2-5(3)9(15)16/h4*1-8H;3*1-2H,(H,11,12)(H,13,14)(H,15,16)(H,17,18). The monoisotopic (exact) mass is 1480 g/mol. The maximum absolute atomic E-state index is 10.8. The molecule has 0 saturated heterocycles. The van der Waals surface area contributed by atoms with Gasteiger partial charge in [-0.25, -0.2) is 57.5 Å². The number of hydrogen-bond donors (Lipinski definition) is 12. The molecule has 0 fully saturated rings. The quantitative estimate of drug-likeness (QED) is 0.0505. The molecule has 110 heavy (non-hydrogen) atoms. The van der Waals surface area contributed by atoms with E-state index in [0.29, 0.717) is 36.4 Å². The van der Waals surface area contributed by atoms with E-state index in [1.165, 1.54) is 0 Å². The van der Waals surface area contributed by atoms with E-state index in [1.807, 2.05) is 48.5 Å². The number of aromatic carboxylic acids is 12. The summed E-state index contributed by atoms with van der Waals surface area (Å²) in [5, 5.41) is 114. The van der Waals surface area contributed by atoms with Crippen molar-refractivity contribution in [3.8, 4) is 0 Å². The van der Waals surface area contributed by atoms with E-state index >= 15 is 0 Å². The van der Waals surface area contributed by atoms with Crippen molar-refractivity contribution in [1.29, 1.82) is 0 Å². The van der Waals surface area contributed by atoms with Gasteiger partial charge in [-0.3, -0.25) is 39.9 Å². The van der Waals surface area contributed by atoms with Gasteiger partial charge < -0.3 is 61.3 Å². The number of hydrogen-bond acceptors (Lipinski definition) is 20. The van der Waals surface area contributed by atoms with Crippen molar-refractivity contribution in [2.45, 2.75) is 0 Å². The summed E-state index contributed by atoms with van der Waals surface area (Å²) in [5.74, 6) is -19.9. The maximum atomic E-state index is 10.8. The van der Waals surface area contributed by atoms with Gasteiger partial charge in [-0.15, -0.1) is 0 Å². The number of fused-ring (bicyclic) bond motifs is 12. The second-order valence-corrected chi connectivity index (χ2v) is 22.4. The van der Waals surface area contributed by atoms with E-state index in [9.17, 15) is 57.5 Å². The summed E-state index contributed by atoms with van der Waals surface area (Å²) in [7, 11) is 0. The first-order chi connectivity index (χ1) is 52.6. The Morgan fingerprint density at radius 2 is 0.245 bits per heavy atom. The lowest BCUT2D eigenvalue weighted by Crippen LogP contribution is -2.15. The average molecular weight is 1480 g/mol. The fourth-order valence-corrected chi connectivity index (χ4v) is 10.6. The lowest BCUT2D eigenvalue weighted by atomic mass is 9.98. The second kappa shape index (κ2) is 34.6. The Morgan fingerprint density at radius 1 is 0.155 bits per heavy atom. The fraction of sp³-hybridized carbons (Fsp3) is 0. The molecule has 32 nitrogen and oxygen atoms in total. The smallest absolute Gasteiger partial charge is 0.336 e. The van der Waals surface area contributed by atoms with Crippen molar-refractivity contribution in [3.63, 3.8) is 0 Å². The number of rotatable bonds is 12. The molecule has 15 rings (SSSR count). The zero-order valence-corrected chi connectivity index (χ0v) is 55.8. The summed E-state index contributed by atoms with van der Waals surface area (Å²) < 4.78 is 0. The van der Waals surface area contributed by atoms with Crippen molar-refractivity contribution >= 4 is 159 Å². The molecular weight excluding hydrogens is 1430 g/mol. The van der Waals surface area contributed by atoms with E-state index in [1.54, 1.807) is 49.6 Å². The summed E-state index contributed by atoms with van der Waals surface area (Å²) in [6.07, 6.45) is 14.4. The van der Waals surface area contributed by atoms with Gasteiger partial charge in [0.15, 0.2) is 0 Å². The van der Waals surface area contributed by atoms with E-state index in [4.69, 9.17) is 61.3 Å². The topological polar surface area (TPSA) is 551 Å². The highest BCUT2D eigenvalue weighted by Gasteiger charge is 2.28. The number of aromatic nitrogens is 8. The highest BCUT2D eigenvalue weighted by molar-refractivity contribution is 6.13. The van der Waals surface area contributed by atoms with Gasteiger partial charge >= 0.3 is 71.6 Å². The molecule has 32 heteroatoms. The summed E-state index contributed by atoms with van der Waals surface area (Å²) >= 11 is 0. The molecule has 0 aliphatic heterocycles. The van der Waals surface area contributed by atoms with Crippen LogP contribution in [-0.2, 0) is 0 Å². The SMILES string of the molecule is O=C(O)c1cc(C(=O)O)c(C(=O)O)cc1C(=O)O.O=C(O)c1cc(C(=O)O)c(C(=O)O)cc1C(=O)O.O=C(O)c1cc(C(=O)O)c(C(=O)O)cc1C(=O)O.c1cnc2c(c1)ccc1cccnc12.c1cnc2c(c1)ccc1cccnc12.c1cnc2c(c1)ccc1cccnc12.c1cnc2c(c1)ccc1cccnc12. The maximum Gasteiger partial charge on any atom is 0.336 e. The van der Waals surface area contributed by atoms with Crippen molar-refractivity contribution < 1.29 is 119 Å². The highest BCUT2D eigenvalue weighted by atomic mass is 16.4. The number of nitrogens with zero attached hydrogens (tertiary/aromatic N) is 8. The van der Waals surface area contributed by atoms with Crippen LogP contribution in [0.15, 0.2) is 232 Å². The minimum atomic E-state index is -1.66. The largest absolute Gasteiger partial charge is 0.478 e. The van der Waals surface area contributed by atoms with Crippen LogP contribution >= 0.6 is 0 Å². The zero-order chi connectivity index (χ0) is 79.6. The molecule has 0 aliphatic carbocycles. The number of pyridine rings is 8. The van der Waals surface area contributed by atoms with Gasteiger partial charge in [-0.1, -0.05) is 97.1 Å². The molecule has 8 aromatic heterocycles. The first kappa shape index (κ1) is 77.6. The molecule has 0 bridgehead atoms. The Morgan fingerprint density at radius 3 is 0.327 bits per heavy atom. The molecule has 12 N–H and O–H groups in total. The zero-order valence-electron chi connectivity index (χ0n) is 55.8. The third kappa shape index (κ3) is 18.1. The van der Waals surface area contributed by atoms with Crippen LogP contribution < -0.4 is 0 Å². The van der Waals surface area contributed by atoms with Crippen LogP contribution in [0.2, 0.25) is 0 Å². The average Bonchev–Trinajstić information content (AvgIpc) is 0.831. The molecule has 15 aromatic rings. The Labute approximate surface area is 613 Å². The van der Waals surface area contributed by atoms with Gasteiger partial charge in [0.1, 0.15) is 0 Å². The Kier molecular flexibility index (Phi) is 24.4. The van der Waals surface area contributed by atoms with Crippen LogP contribution in [0.1, 0.15) is 124 Å². The minimum Gasteiger partial charge on any atom is -0.478 e. The molecule has 0 amide bonds. The normalized spacial score (nSPS) is 10.3. The second-order valence-electron chi connectivity index (χ2n) is 22.4. The van der Waals surface area contributed by atoms with Crippen molar-refractivity contribution in [1.82, 2.24) is 39.9 Å². The van der Waals surface area contributed by atoms with E-state index < -0.39 is 138 Å². The van der Waals surface area contributed by atoms with E-state index in [-0.39, 0.29) is 0 Å². The molecule has 0 spiro atoms. The summed E-state index contributed by atoms with van der Waals surface area (Å²) in [5.41, 5.74) is -1.63. The predicted octanol–water partition coefficient (Wildman–Crippen LogP) is 12.6. The van der Waals surface area contributed by atoms with Crippen LogP contribution in [0.5, 0.6) is 0 Å². The van der Waals surface area contributed by atoms with Crippen LogP contribution in [0, 0.1) is 0 Å². The van der Waals surface area contributed by atoms with Crippen LogP contribution in [0.25, 0.3) is 87.2 Å². The molecule has 0 unspecified atom stereocenters. The van der Waals surface area contributed by atoms with Crippen molar-refractivity contribution in [2.24, 2.45) is 0 Å². The Hall–Kier alpha value is -16.5. The fourth-order valence-electron chi connectivity index (χ4n) is 10.6. The van der Waals surface area contributed by atoms with Crippen molar-refractivity contribution in [2.75, 3.05) is 0 Å². The van der Waals surface area contributed by atoms with Gasteiger partial charge in [-0.05, 0) is 84.9 Å². The summed E-state index contributed by atoms with van der Waals surface area (Å²) in [6, 6.07) is 51.6. The molecule has 0 aliphatic rings. The van der Waals surface area contributed by atoms with Crippen LogP contribution in [0.3, 0.4) is 0 Å². The lowest BCUT2D eigenvalue weighted by Gasteiger charge is -2.06. The van der Waals surface area contributed by atoms with E-state index in [2.05, 4.69) is 137 Å². The molecule has 0 radical (unpaired) electrons. The number of carbonyl (C=O) groups is 12. The Bertz CT molecular complexity index is 5070. The molecular formula is C78H50N8O24. The molecule has 0 saturated carbocycles. The summed E-state index contributed by atoms with van der Waals surface area (Å²) in [6.45, 7) is 0. The van der Waals surface area contributed by atoms with Gasteiger partial charge in [0.2, 0.25) is 0 Å². The van der Waals surface area contributed by atoms with Gasteiger partial charge in [0.05, 0.1) is 111 Å². The third-order valence-corrected chi connectivity index (χ3v) is 15.6. The van der Waals surface area contributed by atoms with Gasteiger partial charge in [0.25, 0.3) is 0 Å². The van der Waals surface area contributed by atoms with Gasteiger partial charge in [-0.2, -0.15) is 0 Å².